The highest BCUT2D eigenvalue weighted by Gasteiger charge is 1.99. The Morgan fingerprint density at radius 3 is 2.75 bits per heavy atom. The summed E-state index contributed by atoms with van der Waals surface area (Å²) in [4.78, 5) is 17.4. The molecule has 0 radical (unpaired) electrons. The summed E-state index contributed by atoms with van der Waals surface area (Å²) in [7, 11) is 0. The number of nitrogens with two attached hydrogens (primary N) is 1. The summed E-state index contributed by atoms with van der Waals surface area (Å²) in [5.74, 6) is 0.822. The Morgan fingerprint density at radius 2 is 2.06 bits per heavy atom. The number of nitrogens with one attached hydrogen (secondary N) is 1. The molecule has 1 aromatic carbocycles. The standard InChI is InChI=1S/C11H11N3O2/c12-11-13-8(6-10(15)14-11)7-16-9-4-2-1-3-5-9/h1-6H,7H2,(H3,12,13,14,15). The van der Waals surface area contributed by atoms with Crippen LogP contribution in [0, 0.1) is 0 Å². The third kappa shape index (κ3) is 2.60. The van der Waals surface area contributed by atoms with E-state index in [1.165, 1.54) is 6.07 Å². The second kappa shape index (κ2) is 4.48. The number of aromatic amines is 1. The summed E-state index contributed by atoms with van der Waals surface area (Å²) in [5.41, 5.74) is 5.63. The third-order valence-electron chi connectivity index (χ3n) is 1.94. The van der Waals surface area contributed by atoms with E-state index in [2.05, 4.69) is 9.97 Å². The smallest absolute Gasteiger partial charge is 0.252 e. The van der Waals surface area contributed by atoms with Crippen molar-refractivity contribution in [2.45, 2.75) is 6.61 Å². The van der Waals surface area contributed by atoms with Gasteiger partial charge in [0.25, 0.3) is 5.56 Å². The number of aromatic nitrogens is 2. The van der Waals surface area contributed by atoms with Crippen LogP contribution in [0.5, 0.6) is 5.75 Å². The van der Waals surface area contributed by atoms with Crippen LogP contribution in [0.15, 0.2) is 41.2 Å². The maximum absolute atomic E-state index is 11.1. The monoisotopic (exact) mass is 217 g/mol. The molecule has 0 saturated heterocycles. The predicted molar refractivity (Wildman–Crippen MR) is 60.0 cm³/mol. The summed E-state index contributed by atoms with van der Waals surface area (Å²) in [6.45, 7) is 0.220. The quantitative estimate of drug-likeness (QED) is 0.801. The molecule has 5 heteroatoms. The van der Waals surface area contributed by atoms with E-state index in [0.717, 1.165) is 5.75 Å². The molecule has 2 rings (SSSR count). The second-order valence-electron chi connectivity index (χ2n) is 3.22. The number of benzene rings is 1. The zero-order chi connectivity index (χ0) is 11.4. The molecule has 0 amide bonds. The normalized spacial score (nSPS) is 10.0. The SMILES string of the molecule is Nc1nc(COc2ccccc2)cc(=O)[nH]1. The Morgan fingerprint density at radius 1 is 1.31 bits per heavy atom. The van der Waals surface area contributed by atoms with Gasteiger partial charge in [-0.25, -0.2) is 4.98 Å². The Kier molecular flexibility index (Phi) is 2.86. The minimum atomic E-state index is -0.279. The maximum atomic E-state index is 11.1. The molecule has 16 heavy (non-hydrogen) atoms. The van der Waals surface area contributed by atoms with Gasteiger partial charge in [0.1, 0.15) is 12.4 Å². The van der Waals surface area contributed by atoms with Crippen LogP contribution in [0.3, 0.4) is 0 Å². The minimum absolute atomic E-state index is 0.0964. The van der Waals surface area contributed by atoms with Crippen LogP contribution in [0.1, 0.15) is 5.69 Å². The van der Waals surface area contributed by atoms with E-state index in [9.17, 15) is 4.79 Å². The van der Waals surface area contributed by atoms with E-state index >= 15 is 0 Å². The average Bonchev–Trinajstić information content (AvgIpc) is 2.27. The molecular formula is C11H11N3O2. The first-order valence-electron chi connectivity index (χ1n) is 4.77. The van der Waals surface area contributed by atoms with Crippen molar-refractivity contribution in [2.24, 2.45) is 0 Å². The van der Waals surface area contributed by atoms with Gasteiger partial charge in [-0.1, -0.05) is 18.2 Å². The lowest BCUT2D eigenvalue weighted by Gasteiger charge is -2.05. The van der Waals surface area contributed by atoms with Crippen LogP contribution in [-0.2, 0) is 6.61 Å². The van der Waals surface area contributed by atoms with Crippen molar-refractivity contribution in [1.82, 2.24) is 9.97 Å². The number of hydrogen-bond acceptors (Lipinski definition) is 4. The van der Waals surface area contributed by atoms with Gasteiger partial charge in [0.05, 0.1) is 5.69 Å². The molecule has 0 bridgehead atoms. The largest absolute Gasteiger partial charge is 0.487 e. The fourth-order valence-electron chi connectivity index (χ4n) is 1.28. The van der Waals surface area contributed by atoms with Gasteiger partial charge in [-0.15, -0.1) is 0 Å². The number of ether oxygens (including phenoxy) is 1. The van der Waals surface area contributed by atoms with Crippen LogP contribution in [-0.4, -0.2) is 9.97 Å². The molecule has 2 aromatic rings. The molecule has 1 heterocycles. The summed E-state index contributed by atoms with van der Waals surface area (Å²) >= 11 is 0. The Bertz CT molecular complexity index is 522. The highest BCUT2D eigenvalue weighted by molar-refractivity contribution is 5.22. The van der Waals surface area contributed by atoms with E-state index in [4.69, 9.17) is 10.5 Å². The van der Waals surface area contributed by atoms with Crippen molar-refractivity contribution in [3.8, 4) is 5.75 Å². The minimum Gasteiger partial charge on any atom is -0.487 e. The third-order valence-corrected chi connectivity index (χ3v) is 1.94. The van der Waals surface area contributed by atoms with Crippen LogP contribution < -0.4 is 16.0 Å². The molecule has 5 nitrogen and oxygen atoms in total. The maximum Gasteiger partial charge on any atom is 0.252 e. The molecule has 0 aliphatic carbocycles. The van der Waals surface area contributed by atoms with Crippen LogP contribution in [0.2, 0.25) is 0 Å². The van der Waals surface area contributed by atoms with Gasteiger partial charge in [-0.2, -0.15) is 0 Å². The highest BCUT2D eigenvalue weighted by atomic mass is 16.5. The summed E-state index contributed by atoms with van der Waals surface area (Å²) < 4.78 is 5.43. The zero-order valence-electron chi connectivity index (χ0n) is 8.51. The molecule has 0 aliphatic heterocycles. The number of nitrogens with zero attached hydrogens (tertiary/aromatic N) is 1. The zero-order valence-corrected chi connectivity index (χ0v) is 8.51. The van der Waals surface area contributed by atoms with E-state index in [1.54, 1.807) is 0 Å². The summed E-state index contributed by atoms with van der Waals surface area (Å²) in [6, 6.07) is 10.7. The van der Waals surface area contributed by atoms with Crippen molar-refractivity contribution in [1.29, 1.82) is 0 Å². The van der Waals surface area contributed by atoms with Gasteiger partial charge < -0.3 is 10.5 Å². The van der Waals surface area contributed by atoms with Gasteiger partial charge in [0, 0.05) is 6.07 Å². The van der Waals surface area contributed by atoms with Gasteiger partial charge in [0.2, 0.25) is 5.95 Å². The second-order valence-corrected chi connectivity index (χ2v) is 3.22. The summed E-state index contributed by atoms with van der Waals surface area (Å²) in [6.07, 6.45) is 0. The predicted octanol–water partition coefficient (Wildman–Crippen LogP) is 0.931. The topological polar surface area (TPSA) is 81.0 Å². The number of H-pyrrole nitrogens is 1. The van der Waals surface area contributed by atoms with Crippen LogP contribution in [0.4, 0.5) is 5.95 Å². The van der Waals surface area contributed by atoms with E-state index in [1.807, 2.05) is 30.3 Å². The number of para-hydroxylation sites is 1. The fourth-order valence-corrected chi connectivity index (χ4v) is 1.28. The lowest BCUT2D eigenvalue weighted by molar-refractivity contribution is 0.301. The summed E-state index contributed by atoms with van der Waals surface area (Å²) in [5, 5.41) is 0. The van der Waals surface area contributed by atoms with E-state index in [-0.39, 0.29) is 18.1 Å². The first kappa shape index (κ1) is 10.2. The van der Waals surface area contributed by atoms with Gasteiger partial charge in [-0.05, 0) is 12.1 Å². The Labute approximate surface area is 91.9 Å². The molecule has 1 aromatic heterocycles. The van der Waals surface area contributed by atoms with Crippen molar-refractivity contribution >= 4 is 5.95 Å². The first-order valence-corrected chi connectivity index (χ1v) is 4.77. The van der Waals surface area contributed by atoms with Gasteiger partial charge >= 0.3 is 0 Å². The van der Waals surface area contributed by atoms with E-state index in [0.29, 0.717) is 5.69 Å². The molecule has 0 unspecified atom stereocenters. The molecule has 0 aliphatic rings. The van der Waals surface area contributed by atoms with Crippen molar-refractivity contribution < 1.29 is 4.74 Å². The lowest BCUT2D eigenvalue weighted by atomic mass is 10.3. The number of rotatable bonds is 3. The van der Waals surface area contributed by atoms with Gasteiger partial charge in [0.15, 0.2) is 0 Å². The average molecular weight is 217 g/mol. The van der Waals surface area contributed by atoms with Crippen molar-refractivity contribution in [3.05, 3.63) is 52.4 Å². The highest BCUT2D eigenvalue weighted by Crippen LogP contribution is 2.10. The van der Waals surface area contributed by atoms with Crippen molar-refractivity contribution in [3.63, 3.8) is 0 Å². The van der Waals surface area contributed by atoms with Gasteiger partial charge in [-0.3, -0.25) is 9.78 Å². The molecule has 0 saturated carbocycles. The molecule has 0 atom stereocenters. The number of anilines is 1. The van der Waals surface area contributed by atoms with Crippen LogP contribution in [0.25, 0.3) is 0 Å². The van der Waals surface area contributed by atoms with Crippen LogP contribution >= 0.6 is 0 Å². The molecule has 3 N–H and O–H groups in total. The Hall–Kier alpha value is -2.30. The van der Waals surface area contributed by atoms with E-state index < -0.39 is 0 Å². The lowest BCUT2D eigenvalue weighted by Crippen LogP contribution is -2.13. The molecular weight excluding hydrogens is 206 g/mol. The Balaban J connectivity index is 2.08. The number of nitrogen functional groups attached to an aromatic ring is 1. The fraction of sp³-hybridized carbons (Fsp3) is 0.0909. The first-order chi connectivity index (χ1) is 7.74. The van der Waals surface area contributed by atoms with Crippen molar-refractivity contribution in [2.75, 3.05) is 5.73 Å². The molecule has 0 spiro atoms. The number of hydrogen-bond donors (Lipinski definition) is 2. The molecule has 0 fully saturated rings. The molecule has 82 valence electrons.